The van der Waals surface area contributed by atoms with E-state index in [0.29, 0.717) is 25.8 Å². The molecule has 1 heterocycles. The average molecular weight is 730 g/mol. The Hall–Kier alpha value is -2.96. The molecule has 2 spiro atoms. The summed E-state index contributed by atoms with van der Waals surface area (Å²) in [6, 6.07) is -2.71. The minimum atomic E-state index is -3.95. The van der Waals surface area contributed by atoms with Crippen molar-refractivity contribution in [2.45, 2.75) is 154 Å². The first-order chi connectivity index (χ1) is 23.6. The molecular formula is C38H59N5O7S. The zero-order valence-corrected chi connectivity index (χ0v) is 32.4. The Morgan fingerprint density at radius 1 is 0.882 bits per heavy atom. The number of rotatable bonds is 11. The van der Waals surface area contributed by atoms with Crippen LogP contribution in [-0.4, -0.2) is 77.8 Å². The number of sulfonamides is 1. The first-order valence-corrected chi connectivity index (χ1v) is 20.5. The van der Waals surface area contributed by atoms with E-state index in [2.05, 4.69) is 41.1 Å². The van der Waals surface area contributed by atoms with Gasteiger partial charge in [-0.15, -0.1) is 6.58 Å². The standard InChI is InChI=1S/C38H59N5O7S/c1-9-25-20-38(25,32(48)42-51(49,50)35(8)18-19-35)41-29(45)26-21-37(34(6,7)36(37)16-13-17-36)22-43(26)31(47)28(33(3,4)5)40-30(46)27(39-23(2)44)24-14-11-10-12-15-24/h9,24-28H,1,10-22H2,2-8H3,(H,39,44)(H,40,46)(H,41,45)(H,42,48)/t25-,26+,27+,28-,37-,38-/m1/s1. The molecule has 0 aromatic carbocycles. The van der Waals surface area contributed by atoms with E-state index in [9.17, 15) is 32.4 Å². The quantitative estimate of drug-likeness (QED) is 0.236. The molecule has 6 rings (SSSR count). The molecule has 6 fully saturated rings. The van der Waals surface area contributed by atoms with E-state index in [1.165, 1.54) is 6.92 Å². The van der Waals surface area contributed by atoms with Crippen LogP contribution in [0.25, 0.3) is 0 Å². The number of nitrogens with one attached hydrogen (secondary N) is 4. The lowest BCUT2D eigenvalue weighted by Gasteiger charge is -2.38. The van der Waals surface area contributed by atoms with E-state index in [4.69, 9.17) is 0 Å². The maximum atomic E-state index is 14.9. The first-order valence-electron chi connectivity index (χ1n) is 19.0. The summed E-state index contributed by atoms with van der Waals surface area (Å²) in [4.78, 5) is 71.0. The van der Waals surface area contributed by atoms with Crippen molar-refractivity contribution < 1.29 is 32.4 Å². The van der Waals surface area contributed by atoms with Crippen LogP contribution in [-0.2, 0) is 34.0 Å². The second kappa shape index (κ2) is 12.3. The predicted octanol–water partition coefficient (Wildman–Crippen LogP) is 3.46. The van der Waals surface area contributed by atoms with Crippen LogP contribution in [0.3, 0.4) is 0 Å². The number of carbonyl (C=O) groups is 5. The summed E-state index contributed by atoms with van der Waals surface area (Å²) in [7, 11) is -3.95. The van der Waals surface area contributed by atoms with Gasteiger partial charge in [-0.05, 0) is 80.5 Å². The van der Waals surface area contributed by atoms with E-state index in [1.807, 2.05) is 20.8 Å². The second-order valence-electron chi connectivity index (χ2n) is 18.6. The highest BCUT2D eigenvalue weighted by atomic mass is 32.2. The molecule has 6 atom stereocenters. The molecule has 1 aliphatic heterocycles. The molecule has 1 saturated heterocycles. The lowest BCUT2D eigenvalue weighted by Crippen LogP contribution is -2.62. The molecule has 6 aliphatic rings. The molecule has 12 nitrogen and oxygen atoms in total. The summed E-state index contributed by atoms with van der Waals surface area (Å²) >= 11 is 0. The summed E-state index contributed by atoms with van der Waals surface area (Å²) < 4.78 is 27.3. The molecule has 0 unspecified atom stereocenters. The molecule has 5 amide bonds. The molecule has 0 bridgehead atoms. The fraction of sp³-hybridized carbons (Fsp3) is 0.816. The van der Waals surface area contributed by atoms with Crippen LogP contribution in [0.5, 0.6) is 0 Å². The van der Waals surface area contributed by atoms with Crippen LogP contribution in [0.4, 0.5) is 0 Å². The molecule has 5 aliphatic carbocycles. The Morgan fingerprint density at radius 2 is 1.51 bits per heavy atom. The molecule has 0 radical (unpaired) electrons. The van der Waals surface area contributed by atoms with Gasteiger partial charge in [-0.2, -0.15) is 0 Å². The third kappa shape index (κ3) is 5.91. The second-order valence-corrected chi connectivity index (χ2v) is 20.8. The smallest absolute Gasteiger partial charge is 0.259 e. The van der Waals surface area contributed by atoms with Crippen LogP contribution < -0.4 is 20.7 Å². The summed E-state index contributed by atoms with van der Waals surface area (Å²) in [5, 5.41) is 8.82. The summed E-state index contributed by atoms with van der Waals surface area (Å²) in [5.41, 5.74) is -2.68. The van der Waals surface area contributed by atoms with Gasteiger partial charge in [-0.1, -0.05) is 66.4 Å². The minimum Gasteiger partial charge on any atom is -0.344 e. The van der Waals surface area contributed by atoms with E-state index >= 15 is 0 Å². The molecule has 284 valence electrons. The first kappa shape index (κ1) is 37.8. The third-order valence-corrected chi connectivity index (χ3v) is 16.6. The molecular weight excluding hydrogens is 671 g/mol. The molecule has 13 heteroatoms. The molecule has 4 N–H and O–H groups in total. The highest BCUT2D eigenvalue weighted by molar-refractivity contribution is 7.91. The van der Waals surface area contributed by atoms with Gasteiger partial charge in [0.1, 0.15) is 23.7 Å². The van der Waals surface area contributed by atoms with Gasteiger partial charge in [0.25, 0.3) is 5.91 Å². The fourth-order valence-corrected chi connectivity index (χ4v) is 11.6. The van der Waals surface area contributed by atoms with Gasteiger partial charge >= 0.3 is 0 Å². The third-order valence-electron chi connectivity index (χ3n) is 14.4. The molecule has 51 heavy (non-hydrogen) atoms. The van der Waals surface area contributed by atoms with E-state index in [1.54, 1.807) is 17.9 Å². The Bertz CT molecular complexity index is 1620. The number of hydrogen-bond acceptors (Lipinski definition) is 7. The lowest BCUT2D eigenvalue weighted by atomic mass is 9.73. The molecule has 0 aromatic heterocycles. The summed E-state index contributed by atoms with van der Waals surface area (Å²) in [5.74, 6) is -2.90. The van der Waals surface area contributed by atoms with E-state index < -0.39 is 67.5 Å². The SMILES string of the molecule is C=C[C@@H]1C[C@]1(NC(=O)[C@@H]1C[C@@]2(CN1C(=O)[C@@H](NC(=O)[C@@H](NC(C)=O)C1CCCCC1)C(C)(C)C)C(C)(C)C21CCC1)C(=O)NS(=O)(=O)C1(C)CC1. The van der Waals surface area contributed by atoms with Gasteiger partial charge in [0, 0.05) is 24.8 Å². The van der Waals surface area contributed by atoms with Gasteiger partial charge in [-0.25, -0.2) is 8.42 Å². The van der Waals surface area contributed by atoms with Crippen LogP contribution in [0.2, 0.25) is 0 Å². The predicted molar refractivity (Wildman–Crippen MR) is 192 cm³/mol. The van der Waals surface area contributed by atoms with Crippen molar-refractivity contribution in [3.05, 3.63) is 12.7 Å². The van der Waals surface area contributed by atoms with E-state index in [-0.39, 0.29) is 40.4 Å². The number of amides is 5. The zero-order chi connectivity index (χ0) is 37.6. The van der Waals surface area contributed by atoms with Crippen molar-refractivity contribution in [1.82, 2.24) is 25.6 Å². The van der Waals surface area contributed by atoms with Gasteiger partial charge in [0.2, 0.25) is 33.7 Å². The summed E-state index contributed by atoms with van der Waals surface area (Å²) in [6.07, 6.45) is 10.8. The largest absolute Gasteiger partial charge is 0.344 e. The van der Waals surface area contributed by atoms with Gasteiger partial charge < -0.3 is 20.9 Å². The lowest BCUT2D eigenvalue weighted by molar-refractivity contribution is -0.145. The Balaban J connectivity index is 1.29. The highest BCUT2D eigenvalue weighted by Crippen LogP contribution is 2.88. The number of likely N-dealkylation sites (tertiary alicyclic amines) is 1. The maximum Gasteiger partial charge on any atom is 0.259 e. The normalized spacial score (nSPS) is 32.6. The van der Waals surface area contributed by atoms with Gasteiger partial charge in [-0.3, -0.25) is 28.7 Å². The van der Waals surface area contributed by atoms with Crippen LogP contribution in [0.15, 0.2) is 12.7 Å². The fourth-order valence-electron chi connectivity index (χ4n) is 10.3. The van der Waals surface area contributed by atoms with Crippen LogP contribution >= 0.6 is 0 Å². The van der Waals surface area contributed by atoms with Crippen molar-refractivity contribution in [3.8, 4) is 0 Å². The molecule has 5 saturated carbocycles. The number of hydrogen-bond donors (Lipinski definition) is 4. The molecule has 0 aromatic rings. The van der Waals surface area contributed by atoms with Crippen LogP contribution in [0.1, 0.15) is 126 Å². The average Bonchev–Trinajstić information content (AvgIpc) is 3.95. The van der Waals surface area contributed by atoms with Gasteiger partial charge in [0.15, 0.2) is 0 Å². The minimum absolute atomic E-state index is 0.00238. The van der Waals surface area contributed by atoms with Crippen molar-refractivity contribution in [2.75, 3.05) is 6.54 Å². The van der Waals surface area contributed by atoms with Crippen LogP contribution in [0, 0.1) is 33.5 Å². The number of fused-ring (bicyclic) bond motifs is 1. The Morgan fingerprint density at radius 3 is 1.98 bits per heavy atom. The topological polar surface area (TPSA) is 171 Å². The van der Waals surface area contributed by atoms with Crippen molar-refractivity contribution in [3.63, 3.8) is 0 Å². The van der Waals surface area contributed by atoms with Crippen molar-refractivity contribution in [2.24, 2.45) is 33.5 Å². The summed E-state index contributed by atoms with van der Waals surface area (Å²) in [6.45, 7) is 17.2. The number of carbonyl (C=O) groups excluding carboxylic acids is 5. The van der Waals surface area contributed by atoms with Gasteiger partial charge in [0.05, 0.1) is 4.75 Å². The Kier molecular flexibility index (Phi) is 9.11. The number of nitrogens with zero attached hydrogens (tertiary/aromatic N) is 1. The highest BCUT2D eigenvalue weighted by Gasteiger charge is 2.85. The monoisotopic (exact) mass is 729 g/mol. The zero-order valence-electron chi connectivity index (χ0n) is 31.6. The maximum absolute atomic E-state index is 14.9. The van der Waals surface area contributed by atoms with Crippen molar-refractivity contribution in [1.29, 1.82) is 0 Å². The van der Waals surface area contributed by atoms with Crippen molar-refractivity contribution >= 4 is 39.6 Å². The van der Waals surface area contributed by atoms with E-state index in [0.717, 1.165) is 51.4 Å². The Labute approximate surface area is 303 Å².